The molecule has 0 fully saturated rings. The molecule has 0 saturated heterocycles. The minimum Gasteiger partial charge on any atom is -0.467 e. The molecule has 110 valence electrons. The molecule has 2 heterocycles. The molecule has 0 radical (unpaired) electrons. The van der Waals surface area contributed by atoms with Crippen molar-refractivity contribution in [2.75, 3.05) is 0 Å². The van der Waals surface area contributed by atoms with Gasteiger partial charge in [0.25, 0.3) is 0 Å². The van der Waals surface area contributed by atoms with E-state index in [0.717, 1.165) is 35.3 Å². The molecule has 0 saturated carbocycles. The van der Waals surface area contributed by atoms with Crippen LogP contribution in [0.2, 0.25) is 0 Å². The van der Waals surface area contributed by atoms with Crippen molar-refractivity contribution in [1.29, 1.82) is 0 Å². The first-order valence-electron chi connectivity index (χ1n) is 6.97. The Kier molecular flexibility index (Phi) is 3.74. The number of benzene rings is 1. The molecule has 3 aromatic rings. The van der Waals surface area contributed by atoms with Crippen LogP contribution in [0.15, 0.2) is 53.1 Å². The van der Waals surface area contributed by atoms with Crippen molar-refractivity contribution in [2.24, 2.45) is 0 Å². The Bertz CT molecular complexity index is 799. The van der Waals surface area contributed by atoms with E-state index in [-0.39, 0.29) is 0 Å². The van der Waals surface area contributed by atoms with Crippen LogP contribution in [-0.4, -0.2) is 17.1 Å². The van der Waals surface area contributed by atoms with E-state index in [9.17, 15) is 9.59 Å². The van der Waals surface area contributed by atoms with Gasteiger partial charge < -0.3 is 8.98 Å². The normalized spacial score (nSPS) is 10.6. The lowest BCUT2D eigenvalue weighted by Crippen LogP contribution is -2.04. The van der Waals surface area contributed by atoms with E-state index in [4.69, 9.17) is 4.42 Å². The van der Waals surface area contributed by atoms with Gasteiger partial charge in [0.1, 0.15) is 5.76 Å². The van der Waals surface area contributed by atoms with Crippen LogP contribution in [0.1, 0.15) is 32.2 Å². The highest BCUT2D eigenvalue weighted by Crippen LogP contribution is 2.30. The van der Waals surface area contributed by atoms with Gasteiger partial charge in [-0.2, -0.15) is 0 Å². The van der Waals surface area contributed by atoms with Crippen LogP contribution in [0.25, 0.3) is 11.3 Å². The Hall–Kier alpha value is -2.88. The largest absolute Gasteiger partial charge is 0.467 e. The standard InChI is InChI=1S/C18H15NO3/c1-13-16(11-20)17(12-21)18(14-6-3-2-4-7-14)19(13)10-15-8-5-9-22-15/h2-9,11-12H,10H2,1H3. The third kappa shape index (κ3) is 2.29. The molecule has 4 nitrogen and oxygen atoms in total. The summed E-state index contributed by atoms with van der Waals surface area (Å²) in [4.78, 5) is 23.0. The first kappa shape index (κ1) is 14.1. The summed E-state index contributed by atoms with van der Waals surface area (Å²) in [5, 5.41) is 0. The summed E-state index contributed by atoms with van der Waals surface area (Å²) < 4.78 is 7.35. The van der Waals surface area contributed by atoms with Crippen LogP contribution >= 0.6 is 0 Å². The summed E-state index contributed by atoms with van der Waals surface area (Å²) in [6.45, 7) is 2.31. The first-order chi connectivity index (χ1) is 10.8. The lowest BCUT2D eigenvalue weighted by Gasteiger charge is -2.11. The SMILES string of the molecule is Cc1c(C=O)c(C=O)c(-c2ccccc2)n1Cc1ccco1. The summed E-state index contributed by atoms with van der Waals surface area (Å²) in [6, 6.07) is 13.3. The van der Waals surface area contributed by atoms with E-state index >= 15 is 0 Å². The summed E-state index contributed by atoms with van der Waals surface area (Å²) in [5.41, 5.74) is 3.25. The monoisotopic (exact) mass is 293 g/mol. The van der Waals surface area contributed by atoms with Crippen LogP contribution < -0.4 is 0 Å². The molecule has 0 spiro atoms. The molecular weight excluding hydrogens is 278 g/mol. The number of carbonyl (C=O) groups excluding carboxylic acids is 2. The van der Waals surface area contributed by atoms with E-state index in [0.29, 0.717) is 17.7 Å². The predicted octanol–water partition coefficient (Wildman–Crippen LogP) is 3.73. The average molecular weight is 293 g/mol. The summed E-state index contributed by atoms with van der Waals surface area (Å²) >= 11 is 0. The third-order valence-electron chi connectivity index (χ3n) is 3.79. The number of hydrogen-bond acceptors (Lipinski definition) is 3. The molecule has 4 heteroatoms. The van der Waals surface area contributed by atoms with Crippen molar-refractivity contribution in [3.05, 3.63) is 71.3 Å². The lowest BCUT2D eigenvalue weighted by atomic mass is 10.1. The molecule has 0 atom stereocenters. The van der Waals surface area contributed by atoms with Gasteiger partial charge in [0.2, 0.25) is 0 Å². The summed E-state index contributed by atoms with van der Waals surface area (Å²) in [5.74, 6) is 0.769. The third-order valence-corrected chi connectivity index (χ3v) is 3.79. The molecule has 0 N–H and O–H groups in total. The Morgan fingerprint density at radius 1 is 1.00 bits per heavy atom. The second-order valence-corrected chi connectivity index (χ2v) is 5.03. The maximum Gasteiger partial charge on any atom is 0.152 e. The zero-order valence-electron chi connectivity index (χ0n) is 12.2. The minimum absolute atomic E-state index is 0.422. The Morgan fingerprint density at radius 2 is 1.73 bits per heavy atom. The molecule has 0 unspecified atom stereocenters. The van der Waals surface area contributed by atoms with E-state index in [2.05, 4.69) is 0 Å². The summed E-state index contributed by atoms with van der Waals surface area (Å²) in [6.07, 6.45) is 3.10. The second kappa shape index (κ2) is 5.85. The fourth-order valence-corrected chi connectivity index (χ4v) is 2.71. The topological polar surface area (TPSA) is 52.2 Å². The smallest absolute Gasteiger partial charge is 0.152 e. The molecule has 0 amide bonds. The van der Waals surface area contributed by atoms with Crippen molar-refractivity contribution in [3.8, 4) is 11.3 Å². The number of hydrogen-bond donors (Lipinski definition) is 0. The highest BCUT2D eigenvalue weighted by atomic mass is 16.3. The van der Waals surface area contributed by atoms with Crippen molar-refractivity contribution in [3.63, 3.8) is 0 Å². The second-order valence-electron chi connectivity index (χ2n) is 5.03. The van der Waals surface area contributed by atoms with Gasteiger partial charge in [-0.3, -0.25) is 9.59 Å². The van der Waals surface area contributed by atoms with Gasteiger partial charge in [-0.05, 0) is 24.6 Å². The van der Waals surface area contributed by atoms with E-state index in [1.54, 1.807) is 6.26 Å². The Morgan fingerprint density at radius 3 is 2.32 bits per heavy atom. The first-order valence-corrected chi connectivity index (χ1v) is 6.97. The van der Waals surface area contributed by atoms with Crippen LogP contribution in [0.5, 0.6) is 0 Å². The van der Waals surface area contributed by atoms with E-state index in [1.807, 2.05) is 54.0 Å². The van der Waals surface area contributed by atoms with Gasteiger partial charge >= 0.3 is 0 Å². The summed E-state index contributed by atoms with van der Waals surface area (Å²) in [7, 11) is 0. The molecule has 3 rings (SSSR count). The van der Waals surface area contributed by atoms with Gasteiger partial charge in [-0.1, -0.05) is 30.3 Å². The molecule has 22 heavy (non-hydrogen) atoms. The maximum absolute atomic E-state index is 11.6. The molecule has 0 bridgehead atoms. The lowest BCUT2D eigenvalue weighted by molar-refractivity contribution is 0.109. The number of carbonyl (C=O) groups is 2. The molecule has 2 aromatic heterocycles. The maximum atomic E-state index is 11.6. The number of aldehydes is 2. The van der Waals surface area contributed by atoms with Crippen LogP contribution in [0.4, 0.5) is 0 Å². The fraction of sp³-hybridized carbons (Fsp3) is 0.111. The molecular formula is C18H15NO3. The van der Waals surface area contributed by atoms with Gasteiger partial charge in [-0.15, -0.1) is 0 Å². The van der Waals surface area contributed by atoms with Gasteiger partial charge in [-0.25, -0.2) is 0 Å². The van der Waals surface area contributed by atoms with Gasteiger partial charge in [0.15, 0.2) is 12.6 Å². The predicted molar refractivity (Wildman–Crippen MR) is 83.2 cm³/mol. The van der Waals surface area contributed by atoms with Crippen molar-refractivity contribution in [1.82, 2.24) is 4.57 Å². The highest BCUT2D eigenvalue weighted by molar-refractivity contribution is 5.98. The van der Waals surface area contributed by atoms with Crippen molar-refractivity contribution >= 4 is 12.6 Å². The van der Waals surface area contributed by atoms with Crippen LogP contribution in [-0.2, 0) is 6.54 Å². The number of furan rings is 1. The number of rotatable bonds is 5. The van der Waals surface area contributed by atoms with Gasteiger partial charge in [0, 0.05) is 11.3 Å². The number of nitrogens with zero attached hydrogens (tertiary/aromatic N) is 1. The van der Waals surface area contributed by atoms with E-state index in [1.165, 1.54) is 0 Å². The number of aromatic nitrogens is 1. The molecule has 0 aliphatic carbocycles. The molecule has 0 aliphatic rings. The fourth-order valence-electron chi connectivity index (χ4n) is 2.71. The Labute approximate surface area is 128 Å². The van der Waals surface area contributed by atoms with Crippen molar-refractivity contribution in [2.45, 2.75) is 13.5 Å². The quantitative estimate of drug-likeness (QED) is 0.673. The molecule has 1 aromatic carbocycles. The molecule has 0 aliphatic heterocycles. The van der Waals surface area contributed by atoms with E-state index < -0.39 is 0 Å². The zero-order valence-corrected chi connectivity index (χ0v) is 12.2. The van der Waals surface area contributed by atoms with Crippen molar-refractivity contribution < 1.29 is 14.0 Å². The average Bonchev–Trinajstić information content (AvgIpc) is 3.15. The highest BCUT2D eigenvalue weighted by Gasteiger charge is 2.21. The van der Waals surface area contributed by atoms with Crippen LogP contribution in [0, 0.1) is 6.92 Å². The zero-order chi connectivity index (χ0) is 15.5. The minimum atomic E-state index is 0.422. The van der Waals surface area contributed by atoms with Gasteiger partial charge in [0.05, 0.1) is 24.1 Å². The van der Waals surface area contributed by atoms with Crippen LogP contribution in [0.3, 0.4) is 0 Å². The Balaban J connectivity index is 2.25.